The lowest BCUT2D eigenvalue weighted by Crippen LogP contribution is -2.20. The summed E-state index contributed by atoms with van der Waals surface area (Å²) in [5.74, 6) is -0.978. The number of anilines is 1. The molecule has 1 aliphatic heterocycles. The number of carboxylic acids is 1. The van der Waals surface area contributed by atoms with Crippen LogP contribution in [-0.2, 0) is 11.2 Å². The van der Waals surface area contributed by atoms with E-state index in [1.807, 2.05) is 12.1 Å². The van der Waals surface area contributed by atoms with Gasteiger partial charge in [-0.05, 0) is 24.6 Å². The maximum absolute atomic E-state index is 11.7. The Kier molecular flexibility index (Phi) is 2.60. The van der Waals surface area contributed by atoms with Crippen molar-refractivity contribution >= 4 is 17.6 Å². The Bertz CT molecular complexity index is 733. The summed E-state index contributed by atoms with van der Waals surface area (Å²) in [7, 11) is 1.73. The van der Waals surface area contributed by atoms with E-state index in [-0.39, 0.29) is 11.5 Å². The number of hydrogen-bond donors (Lipinski definition) is 2. The Morgan fingerprint density at radius 1 is 1.45 bits per heavy atom. The van der Waals surface area contributed by atoms with Gasteiger partial charge in [0, 0.05) is 24.0 Å². The maximum atomic E-state index is 11.7. The lowest BCUT2D eigenvalue weighted by Gasteiger charge is -2.10. The van der Waals surface area contributed by atoms with Gasteiger partial charge in [-0.2, -0.15) is 5.10 Å². The van der Waals surface area contributed by atoms with Gasteiger partial charge >= 0.3 is 5.97 Å². The molecule has 1 aromatic heterocycles. The van der Waals surface area contributed by atoms with Crippen LogP contribution in [0.15, 0.2) is 18.2 Å². The summed E-state index contributed by atoms with van der Waals surface area (Å²) in [5, 5.41) is 16.0. The summed E-state index contributed by atoms with van der Waals surface area (Å²) < 4.78 is 0. The maximum Gasteiger partial charge on any atom is 0.339 e. The molecule has 2 aromatic rings. The second-order valence-electron chi connectivity index (χ2n) is 4.85. The molecule has 6 nitrogen and oxygen atoms in total. The number of carboxylic acid groups (broad SMARTS) is 1. The summed E-state index contributed by atoms with van der Waals surface area (Å²) in [5.41, 5.74) is 3.55. The van der Waals surface area contributed by atoms with Crippen LogP contribution in [0.4, 0.5) is 5.69 Å². The number of aromatic carboxylic acids is 1. The molecule has 6 heteroatoms. The minimum absolute atomic E-state index is 0.0359. The number of benzene rings is 1. The van der Waals surface area contributed by atoms with E-state index in [1.165, 1.54) is 0 Å². The van der Waals surface area contributed by atoms with Gasteiger partial charge in [0.05, 0.1) is 6.42 Å². The van der Waals surface area contributed by atoms with Crippen LogP contribution < -0.4 is 4.90 Å². The lowest BCUT2D eigenvalue weighted by molar-refractivity contribution is -0.117. The number of fused-ring (bicyclic) bond motifs is 1. The van der Waals surface area contributed by atoms with Crippen molar-refractivity contribution in [3.63, 3.8) is 0 Å². The Morgan fingerprint density at radius 3 is 2.90 bits per heavy atom. The third-order valence-electron chi connectivity index (χ3n) is 3.59. The van der Waals surface area contributed by atoms with E-state index in [0.29, 0.717) is 23.4 Å². The first-order valence-electron chi connectivity index (χ1n) is 6.17. The van der Waals surface area contributed by atoms with Crippen LogP contribution in [0.1, 0.15) is 21.6 Å². The average Bonchev–Trinajstić information content (AvgIpc) is 2.91. The molecule has 0 spiro atoms. The lowest BCUT2D eigenvalue weighted by atomic mass is 10.0. The SMILES string of the molecule is Cc1[nH]nc(-c2ccc3c(c2)CC(=O)N3C)c1C(=O)O. The van der Waals surface area contributed by atoms with Crippen LogP contribution in [0.5, 0.6) is 0 Å². The van der Waals surface area contributed by atoms with Gasteiger partial charge in [-0.15, -0.1) is 0 Å². The number of carbonyl (C=O) groups is 2. The third-order valence-corrected chi connectivity index (χ3v) is 3.59. The van der Waals surface area contributed by atoms with E-state index in [1.54, 1.807) is 24.9 Å². The minimum atomic E-state index is -1.01. The molecule has 0 fully saturated rings. The van der Waals surface area contributed by atoms with Crippen LogP contribution >= 0.6 is 0 Å². The minimum Gasteiger partial charge on any atom is -0.478 e. The molecule has 0 saturated heterocycles. The number of aryl methyl sites for hydroxylation is 1. The van der Waals surface area contributed by atoms with E-state index in [0.717, 1.165) is 11.3 Å². The van der Waals surface area contributed by atoms with Crippen LogP contribution in [0.2, 0.25) is 0 Å². The van der Waals surface area contributed by atoms with Crippen LogP contribution in [0, 0.1) is 6.92 Å². The average molecular weight is 271 g/mol. The predicted molar refractivity (Wildman–Crippen MR) is 72.8 cm³/mol. The monoisotopic (exact) mass is 271 g/mol. The molecular weight excluding hydrogens is 258 g/mol. The van der Waals surface area contributed by atoms with Gasteiger partial charge < -0.3 is 10.0 Å². The number of nitrogens with zero attached hydrogens (tertiary/aromatic N) is 2. The molecular formula is C14H13N3O3. The van der Waals surface area contributed by atoms with E-state index in [4.69, 9.17) is 0 Å². The van der Waals surface area contributed by atoms with Gasteiger partial charge in [0.15, 0.2) is 0 Å². The van der Waals surface area contributed by atoms with Gasteiger partial charge in [0.1, 0.15) is 11.3 Å². The standard InChI is InChI=1S/C14H13N3O3/c1-7-12(14(19)20)13(16-15-7)8-3-4-10-9(5-8)6-11(18)17(10)2/h3-5H,6H2,1-2H3,(H,15,16)(H,19,20). The number of amides is 1. The Balaban J connectivity index is 2.12. The van der Waals surface area contributed by atoms with Gasteiger partial charge in [-0.25, -0.2) is 4.79 Å². The van der Waals surface area contributed by atoms with Crippen LogP contribution in [0.25, 0.3) is 11.3 Å². The number of aromatic nitrogens is 2. The number of aromatic amines is 1. The molecule has 2 heterocycles. The Morgan fingerprint density at radius 2 is 2.20 bits per heavy atom. The molecule has 1 amide bonds. The third kappa shape index (κ3) is 1.69. The highest BCUT2D eigenvalue weighted by molar-refractivity contribution is 6.02. The van der Waals surface area contributed by atoms with Gasteiger partial charge in [-0.1, -0.05) is 6.07 Å². The molecule has 102 valence electrons. The van der Waals surface area contributed by atoms with Crippen molar-refractivity contribution in [2.75, 3.05) is 11.9 Å². The fraction of sp³-hybridized carbons (Fsp3) is 0.214. The number of carbonyl (C=O) groups excluding carboxylic acids is 1. The summed E-state index contributed by atoms with van der Waals surface area (Å²) >= 11 is 0. The van der Waals surface area contributed by atoms with Gasteiger partial charge in [0.25, 0.3) is 0 Å². The zero-order valence-electron chi connectivity index (χ0n) is 11.1. The second-order valence-corrected chi connectivity index (χ2v) is 4.85. The van der Waals surface area contributed by atoms with Crippen molar-refractivity contribution in [1.29, 1.82) is 0 Å². The summed E-state index contributed by atoms with van der Waals surface area (Å²) in [6.07, 6.45) is 0.339. The smallest absolute Gasteiger partial charge is 0.339 e. The number of rotatable bonds is 2. The number of hydrogen-bond acceptors (Lipinski definition) is 3. The van der Waals surface area contributed by atoms with Gasteiger partial charge in [-0.3, -0.25) is 9.89 Å². The highest BCUT2D eigenvalue weighted by Crippen LogP contribution is 2.32. The zero-order chi connectivity index (χ0) is 14.4. The van der Waals surface area contributed by atoms with Crippen molar-refractivity contribution in [2.45, 2.75) is 13.3 Å². The molecule has 1 aromatic carbocycles. The van der Waals surface area contributed by atoms with Crippen molar-refractivity contribution in [3.8, 4) is 11.3 Å². The van der Waals surface area contributed by atoms with E-state index >= 15 is 0 Å². The molecule has 0 bridgehead atoms. The molecule has 20 heavy (non-hydrogen) atoms. The van der Waals surface area contributed by atoms with Crippen molar-refractivity contribution in [3.05, 3.63) is 35.0 Å². The number of nitrogens with one attached hydrogen (secondary N) is 1. The first kappa shape index (κ1) is 12.4. The van der Waals surface area contributed by atoms with E-state index < -0.39 is 5.97 Å². The normalized spacial score (nSPS) is 13.7. The fourth-order valence-electron chi connectivity index (χ4n) is 2.52. The topological polar surface area (TPSA) is 86.3 Å². The van der Waals surface area contributed by atoms with Crippen LogP contribution in [0.3, 0.4) is 0 Å². The van der Waals surface area contributed by atoms with E-state index in [9.17, 15) is 14.7 Å². The quantitative estimate of drug-likeness (QED) is 0.868. The number of likely N-dealkylation sites (N-methyl/N-ethyl adjacent to an activating group) is 1. The molecule has 2 N–H and O–H groups in total. The fourth-order valence-corrected chi connectivity index (χ4v) is 2.52. The summed E-state index contributed by atoms with van der Waals surface area (Å²) in [6, 6.07) is 5.44. The highest BCUT2D eigenvalue weighted by Gasteiger charge is 2.25. The van der Waals surface area contributed by atoms with Crippen molar-refractivity contribution < 1.29 is 14.7 Å². The second kappa shape index (κ2) is 4.19. The first-order chi connectivity index (χ1) is 9.49. The largest absolute Gasteiger partial charge is 0.478 e. The molecule has 0 atom stereocenters. The summed E-state index contributed by atoms with van der Waals surface area (Å²) in [6.45, 7) is 1.67. The summed E-state index contributed by atoms with van der Waals surface area (Å²) in [4.78, 5) is 24.6. The van der Waals surface area contributed by atoms with E-state index in [2.05, 4.69) is 10.2 Å². The number of H-pyrrole nitrogens is 1. The Labute approximate surface area is 115 Å². The van der Waals surface area contributed by atoms with Crippen molar-refractivity contribution in [1.82, 2.24) is 10.2 Å². The molecule has 1 aliphatic rings. The Hall–Kier alpha value is -2.63. The predicted octanol–water partition coefficient (Wildman–Crippen LogP) is 1.60. The molecule has 0 aliphatic carbocycles. The highest BCUT2D eigenvalue weighted by atomic mass is 16.4. The molecule has 0 radical (unpaired) electrons. The molecule has 3 rings (SSSR count). The van der Waals surface area contributed by atoms with Crippen molar-refractivity contribution in [2.24, 2.45) is 0 Å². The molecule has 0 saturated carbocycles. The van der Waals surface area contributed by atoms with Gasteiger partial charge in [0.2, 0.25) is 5.91 Å². The first-order valence-corrected chi connectivity index (χ1v) is 6.17. The molecule has 0 unspecified atom stereocenters. The van der Waals surface area contributed by atoms with Crippen LogP contribution in [-0.4, -0.2) is 34.2 Å². The zero-order valence-corrected chi connectivity index (χ0v) is 11.1.